The maximum absolute atomic E-state index is 13.0. The molecule has 6 nitrogen and oxygen atoms in total. The highest BCUT2D eigenvalue weighted by molar-refractivity contribution is 7.99. The SMILES string of the molecule is C[C@H]1C(=O)Nc2ccc(C(=O)CSc3nnc(Cc4cccs4)n3CCc3ccccc3)cc21. The number of fused-ring (bicyclic) bond motifs is 1. The number of aromatic nitrogens is 3. The molecule has 1 N–H and O–H groups in total. The van der Waals surface area contributed by atoms with Crippen LogP contribution in [0.4, 0.5) is 5.69 Å². The number of carbonyl (C=O) groups excluding carboxylic acids is 2. The summed E-state index contributed by atoms with van der Waals surface area (Å²) in [6, 6.07) is 19.9. The van der Waals surface area contributed by atoms with Crippen molar-refractivity contribution in [3.8, 4) is 0 Å². The number of benzene rings is 2. The van der Waals surface area contributed by atoms with Crippen molar-refractivity contribution in [1.29, 1.82) is 0 Å². The summed E-state index contributed by atoms with van der Waals surface area (Å²) in [6.07, 6.45) is 1.58. The van der Waals surface area contributed by atoms with Gasteiger partial charge < -0.3 is 9.88 Å². The van der Waals surface area contributed by atoms with Crippen LogP contribution in [0.2, 0.25) is 0 Å². The predicted molar refractivity (Wildman–Crippen MR) is 136 cm³/mol. The Bertz CT molecular complexity index is 1320. The fourth-order valence-electron chi connectivity index (χ4n) is 4.04. The molecule has 5 rings (SSSR count). The molecule has 8 heteroatoms. The summed E-state index contributed by atoms with van der Waals surface area (Å²) in [6.45, 7) is 2.60. The second-order valence-corrected chi connectivity index (χ2v) is 10.2. The molecule has 34 heavy (non-hydrogen) atoms. The van der Waals surface area contributed by atoms with Gasteiger partial charge in [0.1, 0.15) is 5.82 Å². The summed E-state index contributed by atoms with van der Waals surface area (Å²) in [5.41, 5.74) is 3.54. The van der Waals surface area contributed by atoms with Gasteiger partial charge >= 0.3 is 0 Å². The molecule has 2 aromatic heterocycles. The van der Waals surface area contributed by atoms with Crippen LogP contribution in [0.5, 0.6) is 0 Å². The average molecular weight is 489 g/mol. The first-order valence-corrected chi connectivity index (χ1v) is 13.0. The van der Waals surface area contributed by atoms with Crippen molar-refractivity contribution in [2.75, 3.05) is 11.1 Å². The van der Waals surface area contributed by atoms with Crippen LogP contribution in [0.3, 0.4) is 0 Å². The van der Waals surface area contributed by atoms with E-state index >= 15 is 0 Å². The maximum Gasteiger partial charge on any atom is 0.231 e. The van der Waals surface area contributed by atoms with Crippen molar-refractivity contribution in [2.45, 2.75) is 37.4 Å². The van der Waals surface area contributed by atoms with E-state index in [0.29, 0.717) is 5.56 Å². The lowest BCUT2D eigenvalue weighted by Crippen LogP contribution is -2.10. The summed E-state index contributed by atoms with van der Waals surface area (Å²) in [4.78, 5) is 26.1. The van der Waals surface area contributed by atoms with Gasteiger partial charge in [-0.2, -0.15) is 0 Å². The minimum absolute atomic E-state index is 0.0109. The summed E-state index contributed by atoms with van der Waals surface area (Å²) >= 11 is 3.12. The number of amides is 1. The van der Waals surface area contributed by atoms with E-state index in [4.69, 9.17) is 0 Å². The third-order valence-electron chi connectivity index (χ3n) is 6.00. The first-order chi connectivity index (χ1) is 16.6. The highest BCUT2D eigenvalue weighted by Crippen LogP contribution is 2.33. The van der Waals surface area contributed by atoms with Crippen molar-refractivity contribution in [3.63, 3.8) is 0 Å². The Morgan fingerprint density at radius 2 is 1.97 bits per heavy atom. The topological polar surface area (TPSA) is 76.9 Å². The van der Waals surface area contributed by atoms with E-state index < -0.39 is 0 Å². The summed E-state index contributed by atoms with van der Waals surface area (Å²) < 4.78 is 2.14. The van der Waals surface area contributed by atoms with Crippen molar-refractivity contribution >= 4 is 40.5 Å². The van der Waals surface area contributed by atoms with Gasteiger partial charge in [-0.05, 0) is 54.1 Å². The Kier molecular flexibility index (Phi) is 6.60. The normalized spacial score (nSPS) is 14.7. The Hall–Kier alpha value is -3.23. The van der Waals surface area contributed by atoms with Crippen molar-refractivity contribution in [1.82, 2.24) is 14.8 Å². The van der Waals surface area contributed by atoms with E-state index in [-0.39, 0.29) is 23.4 Å². The zero-order chi connectivity index (χ0) is 23.5. The van der Waals surface area contributed by atoms with Gasteiger partial charge in [0, 0.05) is 29.1 Å². The van der Waals surface area contributed by atoms with E-state index in [9.17, 15) is 9.59 Å². The number of nitrogens with one attached hydrogen (secondary N) is 1. The van der Waals surface area contributed by atoms with Crippen LogP contribution in [0, 0.1) is 0 Å². The van der Waals surface area contributed by atoms with Crippen molar-refractivity contribution < 1.29 is 9.59 Å². The zero-order valence-electron chi connectivity index (χ0n) is 18.7. The smallest absolute Gasteiger partial charge is 0.231 e. The molecule has 1 atom stereocenters. The molecule has 0 radical (unpaired) electrons. The molecule has 1 aliphatic heterocycles. The van der Waals surface area contributed by atoms with Crippen LogP contribution >= 0.6 is 23.1 Å². The number of rotatable bonds is 9. The van der Waals surface area contributed by atoms with Crippen LogP contribution < -0.4 is 5.32 Å². The van der Waals surface area contributed by atoms with Gasteiger partial charge in [0.15, 0.2) is 10.9 Å². The first kappa shape index (κ1) is 22.6. The molecule has 0 saturated carbocycles. The average Bonchev–Trinajstić information content (AvgIpc) is 3.57. The Balaban J connectivity index is 1.32. The van der Waals surface area contributed by atoms with Gasteiger partial charge in [-0.25, -0.2) is 0 Å². The highest BCUT2D eigenvalue weighted by Gasteiger charge is 2.27. The van der Waals surface area contributed by atoms with Gasteiger partial charge in [0.05, 0.1) is 11.7 Å². The fraction of sp³-hybridized carbons (Fsp3) is 0.231. The molecular formula is C26H24N4O2S2. The van der Waals surface area contributed by atoms with Crippen LogP contribution in [0.15, 0.2) is 71.2 Å². The number of hydrogen-bond donors (Lipinski definition) is 1. The van der Waals surface area contributed by atoms with Crippen LogP contribution in [0.25, 0.3) is 0 Å². The Morgan fingerprint density at radius 1 is 1.12 bits per heavy atom. The standard InChI is InChI=1S/C26H24N4O2S2/c1-17-21-14-19(9-10-22(21)27-25(17)32)23(31)16-34-26-29-28-24(15-20-8-5-13-33-20)30(26)12-11-18-6-3-2-4-7-18/h2-10,13-14,17H,11-12,15-16H2,1H3,(H,27,32)/t17-/m1/s1. The van der Waals surface area contributed by atoms with E-state index in [1.807, 2.05) is 43.3 Å². The predicted octanol–water partition coefficient (Wildman–Crippen LogP) is 5.20. The molecule has 0 bridgehead atoms. The number of anilines is 1. The van der Waals surface area contributed by atoms with Crippen LogP contribution in [-0.2, 0) is 24.2 Å². The van der Waals surface area contributed by atoms with E-state index in [1.54, 1.807) is 17.4 Å². The van der Waals surface area contributed by atoms with Crippen molar-refractivity contribution in [2.24, 2.45) is 0 Å². The molecular weight excluding hydrogens is 464 g/mol. The van der Waals surface area contributed by atoms with Gasteiger partial charge in [-0.15, -0.1) is 21.5 Å². The minimum atomic E-state index is -0.240. The summed E-state index contributed by atoms with van der Waals surface area (Å²) in [5, 5.41) is 14.6. The lowest BCUT2D eigenvalue weighted by Gasteiger charge is -2.10. The number of nitrogens with zero attached hydrogens (tertiary/aromatic N) is 3. The molecule has 0 fully saturated rings. The number of aryl methyl sites for hydroxylation is 1. The third kappa shape index (κ3) is 4.83. The zero-order valence-corrected chi connectivity index (χ0v) is 20.4. The number of ketones is 1. The monoisotopic (exact) mass is 488 g/mol. The number of carbonyl (C=O) groups is 2. The molecule has 0 aliphatic carbocycles. The maximum atomic E-state index is 13.0. The lowest BCUT2D eigenvalue weighted by molar-refractivity contribution is -0.116. The number of Topliss-reactive ketones (excluding diaryl/α,β-unsaturated/α-hetero) is 1. The summed E-state index contributed by atoms with van der Waals surface area (Å²) in [5.74, 6) is 0.910. The highest BCUT2D eigenvalue weighted by atomic mass is 32.2. The van der Waals surface area contributed by atoms with Gasteiger partial charge in [0.2, 0.25) is 5.91 Å². The minimum Gasteiger partial charge on any atom is -0.325 e. The first-order valence-electron chi connectivity index (χ1n) is 11.2. The van der Waals surface area contributed by atoms with E-state index in [1.165, 1.54) is 22.2 Å². The molecule has 172 valence electrons. The molecule has 0 unspecified atom stereocenters. The largest absolute Gasteiger partial charge is 0.325 e. The molecule has 3 heterocycles. The quantitative estimate of drug-likeness (QED) is 0.259. The Labute approximate surface area is 206 Å². The molecule has 2 aromatic carbocycles. The van der Waals surface area contributed by atoms with Gasteiger partial charge in [0.25, 0.3) is 0 Å². The van der Waals surface area contributed by atoms with E-state index in [2.05, 4.69) is 43.7 Å². The van der Waals surface area contributed by atoms with Gasteiger partial charge in [-0.3, -0.25) is 9.59 Å². The second kappa shape index (κ2) is 9.95. The molecule has 1 aliphatic rings. The third-order valence-corrected chi connectivity index (χ3v) is 7.84. The fourth-order valence-corrected chi connectivity index (χ4v) is 5.62. The lowest BCUT2D eigenvalue weighted by atomic mass is 9.99. The molecule has 1 amide bonds. The van der Waals surface area contributed by atoms with Crippen molar-refractivity contribution in [3.05, 3.63) is 93.4 Å². The molecule has 0 spiro atoms. The van der Waals surface area contributed by atoms with Gasteiger partial charge in [-0.1, -0.05) is 48.2 Å². The second-order valence-electron chi connectivity index (χ2n) is 8.27. The molecule has 4 aromatic rings. The summed E-state index contributed by atoms with van der Waals surface area (Å²) in [7, 11) is 0. The Morgan fingerprint density at radius 3 is 2.76 bits per heavy atom. The number of thioether (sulfide) groups is 1. The van der Waals surface area contributed by atoms with Crippen LogP contribution in [0.1, 0.15) is 45.0 Å². The molecule has 0 saturated heterocycles. The van der Waals surface area contributed by atoms with Crippen LogP contribution in [-0.4, -0.2) is 32.2 Å². The number of hydrogen-bond acceptors (Lipinski definition) is 6. The van der Waals surface area contributed by atoms with E-state index in [0.717, 1.165) is 41.6 Å². The number of thiophene rings is 1.